The topological polar surface area (TPSA) is 64.4 Å². The van der Waals surface area contributed by atoms with Crippen LogP contribution in [0, 0.1) is 5.21 Å². The smallest absolute Gasteiger partial charge is 0.169 e. The molecule has 0 radical (unpaired) electrons. The highest BCUT2D eigenvalue weighted by Gasteiger charge is 2.44. The van der Waals surface area contributed by atoms with Crippen molar-refractivity contribution in [2.75, 3.05) is 19.8 Å². The predicted molar refractivity (Wildman–Crippen MR) is 89.0 cm³/mol. The molecule has 0 aliphatic carbocycles. The molecule has 2 saturated heterocycles. The van der Waals surface area contributed by atoms with Gasteiger partial charge in [0.1, 0.15) is 11.9 Å². The molecule has 0 spiro atoms. The largest absolute Gasteiger partial charge is 0.595 e. The Bertz CT molecular complexity index is 495. The van der Waals surface area contributed by atoms with Gasteiger partial charge in [0.05, 0.1) is 19.3 Å². The van der Waals surface area contributed by atoms with Gasteiger partial charge in [0.2, 0.25) is 0 Å². The zero-order valence-electron chi connectivity index (χ0n) is 14.2. The van der Waals surface area contributed by atoms with Crippen molar-refractivity contribution in [2.45, 2.75) is 57.3 Å². The summed E-state index contributed by atoms with van der Waals surface area (Å²) in [5.41, 5.74) is 0.523. The average Bonchev–Trinajstić information content (AvgIpc) is 3.20. The highest BCUT2D eigenvalue weighted by atomic mass is 16.9. The first kappa shape index (κ1) is 17.6. The minimum atomic E-state index is -0.339. The molecule has 2 aliphatic rings. The standard InChI is InChI=1S/C18H27NO5/c1-2-3-4-5-11-21-15-8-6-14(7-9-15)19(20)24-17-13-23-16-10-12-22-18(16)17/h6-9,16-19H,2-5,10-13H2,1H3/t16?,17-,18?/m1/s1. The van der Waals surface area contributed by atoms with Gasteiger partial charge >= 0.3 is 0 Å². The second kappa shape index (κ2) is 8.78. The fourth-order valence-electron chi connectivity index (χ4n) is 3.14. The maximum Gasteiger partial charge on any atom is 0.169 e. The van der Waals surface area contributed by atoms with Crippen molar-refractivity contribution < 1.29 is 24.3 Å². The number of nitrogens with one attached hydrogen (secondary N) is 1. The van der Waals surface area contributed by atoms with E-state index in [2.05, 4.69) is 6.92 Å². The molecule has 24 heavy (non-hydrogen) atoms. The van der Waals surface area contributed by atoms with Crippen LogP contribution >= 0.6 is 0 Å². The van der Waals surface area contributed by atoms with E-state index >= 15 is 0 Å². The van der Waals surface area contributed by atoms with Crippen LogP contribution in [0.2, 0.25) is 0 Å². The van der Waals surface area contributed by atoms with Crippen LogP contribution in [0.15, 0.2) is 24.3 Å². The van der Waals surface area contributed by atoms with Crippen LogP contribution < -0.4 is 9.96 Å². The van der Waals surface area contributed by atoms with Crippen LogP contribution in [0.5, 0.6) is 5.75 Å². The van der Waals surface area contributed by atoms with Gasteiger partial charge in [-0.25, -0.2) is 0 Å². The van der Waals surface area contributed by atoms with Crippen LogP contribution in [-0.4, -0.2) is 38.1 Å². The van der Waals surface area contributed by atoms with Crippen LogP contribution in [-0.2, 0) is 14.3 Å². The molecule has 2 fully saturated rings. The maximum atomic E-state index is 12.3. The number of ether oxygens (including phenoxy) is 3. The van der Waals surface area contributed by atoms with Gasteiger partial charge in [0, 0.05) is 18.7 Å². The summed E-state index contributed by atoms with van der Waals surface area (Å²) in [6.45, 7) is 3.99. The second-order valence-corrected chi connectivity index (χ2v) is 6.37. The molecule has 1 aromatic carbocycles. The first-order valence-corrected chi connectivity index (χ1v) is 8.95. The third kappa shape index (κ3) is 4.46. The lowest BCUT2D eigenvalue weighted by Gasteiger charge is -2.24. The number of quaternary nitrogens is 1. The van der Waals surface area contributed by atoms with Gasteiger partial charge in [-0.3, -0.25) is 0 Å². The van der Waals surface area contributed by atoms with Gasteiger partial charge in [-0.15, -0.1) is 0 Å². The summed E-state index contributed by atoms with van der Waals surface area (Å²) < 4.78 is 16.9. The van der Waals surface area contributed by atoms with E-state index in [1.165, 1.54) is 19.3 Å². The van der Waals surface area contributed by atoms with E-state index in [9.17, 15) is 5.21 Å². The minimum absolute atomic E-state index is 0.0753. The monoisotopic (exact) mass is 337 g/mol. The van der Waals surface area contributed by atoms with Gasteiger partial charge in [0.25, 0.3) is 0 Å². The van der Waals surface area contributed by atoms with Crippen molar-refractivity contribution in [1.82, 2.24) is 0 Å². The minimum Gasteiger partial charge on any atom is -0.595 e. The Morgan fingerprint density at radius 2 is 2.00 bits per heavy atom. The van der Waals surface area contributed by atoms with E-state index in [1.54, 1.807) is 12.1 Å². The van der Waals surface area contributed by atoms with E-state index in [4.69, 9.17) is 19.0 Å². The summed E-state index contributed by atoms with van der Waals surface area (Å²) in [7, 11) is 0. The van der Waals surface area contributed by atoms with Crippen molar-refractivity contribution in [3.05, 3.63) is 29.5 Å². The summed E-state index contributed by atoms with van der Waals surface area (Å²) in [5, 5.41) is 11.9. The van der Waals surface area contributed by atoms with Gasteiger partial charge in [-0.1, -0.05) is 26.2 Å². The molecule has 0 bridgehead atoms. The van der Waals surface area contributed by atoms with Crippen molar-refractivity contribution in [2.24, 2.45) is 0 Å². The molecule has 4 atom stereocenters. The maximum absolute atomic E-state index is 12.3. The van der Waals surface area contributed by atoms with Gasteiger partial charge < -0.3 is 19.4 Å². The van der Waals surface area contributed by atoms with Crippen molar-refractivity contribution >= 4 is 5.69 Å². The number of unbranched alkanes of at least 4 members (excludes halogenated alkanes) is 3. The van der Waals surface area contributed by atoms with Crippen molar-refractivity contribution in [1.29, 1.82) is 0 Å². The fourth-order valence-corrected chi connectivity index (χ4v) is 3.14. The van der Waals surface area contributed by atoms with Crippen molar-refractivity contribution in [3.63, 3.8) is 0 Å². The number of hydrogen-bond donors (Lipinski definition) is 1. The fraction of sp³-hybridized carbons (Fsp3) is 0.667. The quantitative estimate of drug-likeness (QED) is 0.552. The third-order valence-electron chi connectivity index (χ3n) is 4.54. The molecule has 2 aliphatic heterocycles. The molecule has 3 unspecified atom stereocenters. The lowest BCUT2D eigenvalue weighted by molar-refractivity contribution is -1.00. The third-order valence-corrected chi connectivity index (χ3v) is 4.54. The van der Waals surface area contributed by atoms with E-state index in [-0.39, 0.29) is 23.5 Å². The first-order valence-electron chi connectivity index (χ1n) is 8.95. The Morgan fingerprint density at radius 3 is 2.79 bits per heavy atom. The highest BCUT2D eigenvalue weighted by Crippen LogP contribution is 2.27. The number of rotatable bonds is 9. The second-order valence-electron chi connectivity index (χ2n) is 6.37. The van der Waals surface area contributed by atoms with E-state index in [1.807, 2.05) is 12.1 Å². The molecule has 6 nitrogen and oxygen atoms in total. The lowest BCUT2D eigenvalue weighted by atomic mass is 10.1. The summed E-state index contributed by atoms with van der Waals surface area (Å²) in [4.78, 5) is 5.55. The molecule has 0 saturated carbocycles. The van der Waals surface area contributed by atoms with Gasteiger partial charge in [-0.05, 0) is 25.0 Å². The Morgan fingerprint density at radius 1 is 1.17 bits per heavy atom. The Hall–Kier alpha value is -1.18. The van der Waals surface area contributed by atoms with Gasteiger partial charge in [-0.2, -0.15) is 10.1 Å². The van der Waals surface area contributed by atoms with Crippen LogP contribution in [0.25, 0.3) is 0 Å². The summed E-state index contributed by atoms with van der Waals surface area (Å²) >= 11 is 0. The Kier molecular flexibility index (Phi) is 6.45. The molecule has 3 rings (SSSR count). The summed E-state index contributed by atoms with van der Waals surface area (Å²) in [5.74, 6) is 0.784. The van der Waals surface area contributed by atoms with Crippen molar-refractivity contribution in [3.8, 4) is 5.75 Å². The molecule has 6 heteroatoms. The van der Waals surface area contributed by atoms with Crippen LogP contribution in [0.3, 0.4) is 0 Å². The molecule has 1 aromatic rings. The number of hydrogen-bond acceptors (Lipinski definition) is 5. The predicted octanol–water partition coefficient (Wildman–Crippen LogP) is 2.15. The molecule has 0 amide bonds. The first-order chi connectivity index (χ1) is 11.8. The molecule has 134 valence electrons. The van der Waals surface area contributed by atoms with E-state index in [0.29, 0.717) is 25.5 Å². The number of fused-ring (bicyclic) bond motifs is 1. The van der Waals surface area contributed by atoms with Crippen LogP contribution in [0.1, 0.15) is 39.0 Å². The van der Waals surface area contributed by atoms with E-state index in [0.717, 1.165) is 18.6 Å². The molecule has 0 aromatic heterocycles. The van der Waals surface area contributed by atoms with E-state index < -0.39 is 0 Å². The van der Waals surface area contributed by atoms with Gasteiger partial charge in [0.15, 0.2) is 11.8 Å². The number of benzene rings is 1. The highest BCUT2D eigenvalue weighted by molar-refractivity contribution is 5.35. The average molecular weight is 337 g/mol. The SMILES string of the molecule is CCCCCCOc1ccc([NH+]([O-])O[C@@H]2COC3CCOC32)cc1. The Labute approximate surface area is 143 Å². The molecular weight excluding hydrogens is 310 g/mol. The summed E-state index contributed by atoms with van der Waals surface area (Å²) in [6.07, 6.45) is 5.24. The normalized spacial score (nSPS) is 27.2. The molecular formula is C18H27NO5. The lowest BCUT2D eigenvalue weighted by Crippen LogP contribution is -3.02. The zero-order valence-corrected chi connectivity index (χ0v) is 14.2. The summed E-state index contributed by atoms with van der Waals surface area (Å²) in [6, 6.07) is 7.12. The zero-order chi connectivity index (χ0) is 16.8. The molecule has 1 N–H and O–H groups in total. The Balaban J connectivity index is 1.44. The van der Waals surface area contributed by atoms with Crippen LogP contribution in [0.4, 0.5) is 5.69 Å². The molecule has 2 heterocycles.